The number of Topliss-reactive ketones (excluding diaryl/α,β-unsaturated/α-hetero) is 1. The van der Waals surface area contributed by atoms with E-state index in [9.17, 15) is 14.4 Å². The van der Waals surface area contributed by atoms with Crippen LogP contribution in [0.25, 0.3) is 0 Å². The number of carbonyl (C=O) groups excluding carboxylic acids is 2. The van der Waals surface area contributed by atoms with Crippen molar-refractivity contribution in [3.05, 3.63) is 35.9 Å². The first-order valence-corrected chi connectivity index (χ1v) is 9.78. The van der Waals surface area contributed by atoms with Crippen molar-refractivity contribution in [2.45, 2.75) is 56.0 Å². The van der Waals surface area contributed by atoms with Gasteiger partial charge in [-0.2, -0.15) is 0 Å². The summed E-state index contributed by atoms with van der Waals surface area (Å²) >= 11 is 2.92. The van der Waals surface area contributed by atoms with Crippen molar-refractivity contribution in [1.29, 1.82) is 0 Å². The van der Waals surface area contributed by atoms with E-state index in [0.29, 0.717) is 0 Å². The van der Waals surface area contributed by atoms with Gasteiger partial charge in [-0.25, -0.2) is 4.79 Å². The van der Waals surface area contributed by atoms with Gasteiger partial charge in [0, 0.05) is 0 Å². The van der Waals surface area contributed by atoms with Crippen LogP contribution in [0.3, 0.4) is 0 Å². The van der Waals surface area contributed by atoms with Crippen LogP contribution in [0.2, 0.25) is 0 Å². The second-order valence-electron chi connectivity index (χ2n) is 6.54. The summed E-state index contributed by atoms with van der Waals surface area (Å²) in [6, 6.07) is 8.36. The van der Waals surface area contributed by atoms with E-state index in [-0.39, 0.29) is 12.5 Å². The Labute approximate surface area is 161 Å². The molecule has 1 amide bonds. The quantitative estimate of drug-likeness (QED) is 0.394. The van der Waals surface area contributed by atoms with Gasteiger partial charge in [0.05, 0.1) is 6.04 Å². The molecular formula is C19H24BrNO5. The number of ketones is 1. The molecule has 6 nitrogen and oxygen atoms in total. The van der Waals surface area contributed by atoms with E-state index in [0.717, 1.165) is 44.1 Å². The third-order valence-corrected chi connectivity index (χ3v) is 5.47. The zero-order valence-corrected chi connectivity index (χ0v) is 16.1. The fourth-order valence-electron chi connectivity index (χ4n) is 3.24. The van der Waals surface area contributed by atoms with Gasteiger partial charge in [0.1, 0.15) is 6.61 Å². The molecule has 0 bridgehead atoms. The summed E-state index contributed by atoms with van der Waals surface area (Å²) in [6.07, 6.45) is 4.98. The van der Waals surface area contributed by atoms with Crippen LogP contribution in [-0.4, -0.2) is 33.8 Å². The van der Waals surface area contributed by atoms with Crippen molar-refractivity contribution in [2.75, 3.05) is 0 Å². The zero-order chi connectivity index (χ0) is 18.9. The van der Waals surface area contributed by atoms with Gasteiger partial charge in [-0.1, -0.05) is 71.9 Å². The van der Waals surface area contributed by atoms with Gasteiger partial charge >= 0.3 is 12.1 Å². The summed E-state index contributed by atoms with van der Waals surface area (Å²) < 4.78 is 5.21. The van der Waals surface area contributed by atoms with Crippen LogP contribution in [0.5, 0.6) is 0 Å². The first-order chi connectivity index (χ1) is 12.5. The highest BCUT2D eigenvalue weighted by atomic mass is 79.9. The monoisotopic (exact) mass is 425 g/mol. The number of nitrogens with one attached hydrogen (secondary N) is 1. The minimum atomic E-state index is -1.34. The molecule has 1 aliphatic carbocycles. The number of alkyl carbamates (subject to hydrolysis) is 1. The minimum Gasteiger partial charge on any atom is -0.480 e. The lowest BCUT2D eigenvalue weighted by molar-refractivity contribution is -0.140. The molecule has 0 radical (unpaired) electrons. The summed E-state index contributed by atoms with van der Waals surface area (Å²) in [5.41, 5.74) is 0.837. The van der Waals surface area contributed by atoms with Crippen molar-refractivity contribution in [2.24, 2.45) is 5.92 Å². The van der Waals surface area contributed by atoms with E-state index in [4.69, 9.17) is 9.84 Å². The largest absolute Gasteiger partial charge is 0.480 e. The minimum absolute atomic E-state index is 0.0753. The maximum Gasteiger partial charge on any atom is 0.408 e. The topological polar surface area (TPSA) is 92.7 Å². The van der Waals surface area contributed by atoms with Crippen LogP contribution in [0.1, 0.15) is 44.1 Å². The summed E-state index contributed by atoms with van der Waals surface area (Å²) in [7, 11) is 0. The number of hydrogen-bond acceptors (Lipinski definition) is 4. The molecule has 1 fully saturated rings. The van der Waals surface area contributed by atoms with Gasteiger partial charge in [-0.05, 0) is 24.3 Å². The zero-order valence-electron chi connectivity index (χ0n) is 14.5. The van der Waals surface area contributed by atoms with Crippen LogP contribution in [0.15, 0.2) is 30.3 Å². The molecule has 0 spiro atoms. The molecule has 0 heterocycles. The smallest absolute Gasteiger partial charge is 0.408 e. The van der Waals surface area contributed by atoms with Crippen LogP contribution in [0.4, 0.5) is 4.79 Å². The molecule has 0 aromatic heterocycles. The number of carboxylic acids is 1. The van der Waals surface area contributed by atoms with Gasteiger partial charge < -0.3 is 15.2 Å². The number of hydrogen-bond donors (Lipinski definition) is 2. The van der Waals surface area contributed by atoms with Crippen molar-refractivity contribution >= 4 is 33.8 Å². The number of carboxylic acid groups (broad SMARTS) is 1. The van der Waals surface area contributed by atoms with Crippen LogP contribution < -0.4 is 5.32 Å². The van der Waals surface area contributed by atoms with Crippen molar-refractivity contribution in [1.82, 2.24) is 5.32 Å². The predicted molar refractivity (Wildman–Crippen MR) is 100 cm³/mol. The second-order valence-corrected chi connectivity index (χ2v) is 7.45. The third kappa shape index (κ3) is 6.12. The molecule has 26 heavy (non-hydrogen) atoms. The Balaban J connectivity index is 2.03. The van der Waals surface area contributed by atoms with E-state index >= 15 is 0 Å². The molecule has 1 saturated carbocycles. The molecule has 2 N–H and O–H groups in total. The normalized spacial score (nSPS) is 17.6. The van der Waals surface area contributed by atoms with Crippen molar-refractivity contribution in [3.8, 4) is 0 Å². The second kappa shape index (κ2) is 10.3. The Hall–Kier alpha value is -1.89. The number of carbonyl (C=O) groups is 3. The van der Waals surface area contributed by atoms with Crippen LogP contribution in [0, 0.1) is 5.92 Å². The number of benzene rings is 1. The fourth-order valence-corrected chi connectivity index (χ4v) is 3.52. The lowest BCUT2D eigenvalue weighted by atomic mass is 9.88. The highest BCUT2D eigenvalue weighted by molar-refractivity contribution is 9.10. The van der Waals surface area contributed by atoms with E-state index < -0.39 is 28.7 Å². The summed E-state index contributed by atoms with van der Waals surface area (Å²) in [5, 5.41) is 11.7. The Morgan fingerprint density at radius 3 is 2.31 bits per heavy atom. The number of aliphatic carboxylic acids is 1. The highest BCUT2D eigenvalue weighted by Gasteiger charge is 2.36. The average Bonchev–Trinajstić information content (AvgIpc) is 2.93. The lowest BCUT2D eigenvalue weighted by Gasteiger charge is -2.26. The molecule has 0 aliphatic heterocycles. The molecule has 1 aliphatic rings. The van der Waals surface area contributed by atoms with E-state index in [1.54, 1.807) is 0 Å². The number of amides is 1. The number of halogens is 1. The summed E-state index contributed by atoms with van der Waals surface area (Å²) in [4.78, 5) is 34.7. The lowest BCUT2D eigenvalue weighted by Crippen LogP contribution is -2.50. The summed E-state index contributed by atoms with van der Waals surface area (Å²) in [5.74, 6) is -1.87. The molecule has 7 heteroatoms. The average molecular weight is 426 g/mol. The molecule has 2 rings (SSSR count). The molecule has 2 atom stereocenters. The van der Waals surface area contributed by atoms with Gasteiger partial charge in [0.15, 0.2) is 10.6 Å². The molecule has 0 saturated heterocycles. The molecule has 1 aromatic rings. The first-order valence-electron chi connectivity index (χ1n) is 8.87. The number of alkyl halides is 1. The Kier molecular flexibility index (Phi) is 8.09. The first kappa shape index (κ1) is 20.4. The molecule has 2 unspecified atom stereocenters. The van der Waals surface area contributed by atoms with Gasteiger partial charge in [-0.3, -0.25) is 9.59 Å². The predicted octanol–water partition coefficient (Wildman–Crippen LogP) is 3.67. The van der Waals surface area contributed by atoms with Crippen LogP contribution >= 0.6 is 15.9 Å². The van der Waals surface area contributed by atoms with Crippen LogP contribution in [-0.2, 0) is 20.9 Å². The van der Waals surface area contributed by atoms with Crippen molar-refractivity contribution < 1.29 is 24.2 Å². The highest BCUT2D eigenvalue weighted by Crippen LogP contribution is 2.27. The Bertz CT molecular complexity index is 614. The molecular weight excluding hydrogens is 402 g/mol. The maximum absolute atomic E-state index is 12.6. The number of ether oxygens (including phenoxy) is 1. The van der Waals surface area contributed by atoms with Gasteiger partial charge in [-0.15, -0.1) is 0 Å². The van der Waals surface area contributed by atoms with Crippen molar-refractivity contribution in [3.63, 3.8) is 0 Å². The third-order valence-electron chi connectivity index (χ3n) is 4.63. The summed E-state index contributed by atoms with van der Waals surface area (Å²) in [6.45, 7) is 0.0922. The Morgan fingerprint density at radius 1 is 1.12 bits per heavy atom. The van der Waals surface area contributed by atoms with Gasteiger partial charge in [0.25, 0.3) is 0 Å². The fraction of sp³-hybridized carbons (Fsp3) is 0.526. The SMILES string of the molecule is O=C(NC(C(=O)C(Br)C(=O)O)C1CCCCCC1)OCc1ccccc1. The van der Waals surface area contributed by atoms with E-state index in [1.165, 1.54) is 0 Å². The number of rotatable bonds is 7. The Morgan fingerprint density at radius 2 is 1.73 bits per heavy atom. The standard InChI is InChI=1S/C19H24BrNO5/c20-15(18(23)24)17(22)16(14-10-6-1-2-7-11-14)21-19(25)26-12-13-8-4-3-5-9-13/h3-5,8-9,14-16H,1-2,6-7,10-12H2,(H,21,25)(H,23,24). The van der Waals surface area contributed by atoms with Gasteiger partial charge in [0.2, 0.25) is 0 Å². The van der Waals surface area contributed by atoms with E-state index in [2.05, 4.69) is 21.2 Å². The maximum atomic E-state index is 12.6. The molecule has 142 valence electrons. The van der Waals surface area contributed by atoms with E-state index in [1.807, 2.05) is 30.3 Å². The molecule has 1 aromatic carbocycles.